The highest BCUT2D eigenvalue weighted by atomic mass is 16.8. The quantitative estimate of drug-likeness (QED) is 0.629. The molecule has 32 heavy (non-hydrogen) atoms. The van der Waals surface area contributed by atoms with Crippen LogP contribution in [0, 0.1) is 0 Å². The van der Waals surface area contributed by atoms with Gasteiger partial charge in [-0.1, -0.05) is 66.7 Å². The molecular weight excluding hydrogens is 410 g/mol. The maximum Gasteiger partial charge on any atom is 0.408 e. The molecule has 5 atom stereocenters. The van der Waals surface area contributed by atoms with Gasteiger partial charge in [0.2, 0.25) is 0 Å². The first-order valence-electron chi connectivity index (χ1n) is 10.7. The first-order valence-corrected chi connectivity index (χ1v) is 10.7. The number of alkyl carbamates (subject to hydrolysis) is 1. The lowest BCUT2D eigenvalue weighted by Crippen LogP contribution is -2.47. The van der Waals surface area contributed by atoms with Crippen LogP contribution >= 0.6 is 0 Å². The Balaban J connectivity index is 1.39. The summed E-state index contributed by atoms with van der Waals surface area (Å²) in [6.07, 6.45) is -0.988. The largest absolute Gasteiger partial charge is 0.445 e. The third-order valence-corrected chi connectivity index (χ3v) is 5.41. The number of fused-ring (bicyclic) bond motifs is 1. The maximum atomic E-state index is 12.4. The molecule has 4 rings (SSSR count). The van der Waals surface area contributed by atoms with Gasteiger partial charge in [0.25, 0.3) is 0 Å². The van der Waals surface area contributed by atoms with Crippen molar-refractivity contribution in [1.82, 2.24) is 5.32 Å². The van der Waals surface area contributed by atoms with Crippen molar-refractivity contribution in [2.45, 2.75) is 63.5 Å². The fourth-order valence-corrected chi connectivity index (χ4v) is 3.94. The first-order chi connectivity index (χ1) is 15.4. The lowest BCUT2D eigenvalue weighted by molar-refractivity contribution is -0.237. The van der Waals surface area contributed by atoms with Crippen molar-refractivity contribution >= 4 is 6.09 Å². The van der Waals surface area contributed by atoms with Crippen molar-refractivity contribution in [2.24, 2.45) is 0 Å². The van der Waals surface area contributed by atoms with Gasteiger partial charge in [0, 0.05) is 0 Å². The Morgan fingerprint density at radius 1 is 1.03 bits per heavy atom. The summed E-state index contributed by atoms with van der Waals surface area (Å²) < 4.78 is 29.7. The van der Waals surface area contributed by atoms with Crippen LogP contribution in [-0.2, 0) is 36.9 Å². The second-order valence-electron chi connectivity index (χ2n) is 8.30. The number of hydrogen-bond acceptors (Lipinski definition) is 6. The zero-order chi connectivity index (χ0) is 22.6. The molecule has 0 saturated carbocycles. The van der Waals surface area contributed by atoms with Gasteiger partial charge in [-0.25, -0.2) is 4.79 Å². The summed E-state index contributed by atoms with van der Waals surface area (Å²) in [5.74, 6) is -0.786. The predicted octanol–water partition coefficient (Wildman–Crippen LogP) is 3.93. The summed E-state index contributed by atoms with van der Waals surface area (Å²) in [5.41, 5.74) is 1.93. The van der Waals surface area contributed by atoms with E-state index in [9.17, 15) is 4.79 Å². The molecule has 170 valence electrons. The van der Waals surface area contributed by atoms with E-state index in [0.29, 0.717) is 6.61 Å². The molecule has 0 bridgehead atoms. The van der Waals surface area contributed by atoms with Crippen molar-refractivity contribution < 1.29 is 28.5 Å². The number of carbonyl (C=O) groups is 1. The van der Waals surface area contributed by atoms with Gasteiger partial charge in [-0.3, -0.25) is 0 Å². The van der Waals surface area contributed by atoms with Crippen molar-refractivity contribution in [3.8, 4) is 0 Å². The summed E-state index contributed by atoms with van der Waals surface area (Å²) in [4.78, 5) is 12.4. The molecular formula is C25H29NO6. The first kappa shape index (κ1) is 22.5. The minimum absolute atomic E-state index is 0.170. The Bertz CT molecular complexity index is 903. The Hall–Kier alpha value is -2.71. The van der Waals surface area contributed by atoms with Gasteiger partial charge in [0.1, 0.15) is 24.9 Å². The zero-order valence-corrected chi connectivity index (χ0v) is 18.3. The Kier molecular flexibility index (Phi) is 6.91. The Labute approximate surface area is 188 Å². The topological polar surface area (TPSA) is 75.3 Å². The number of amides is 1. The van der Waals surface area contributed by atoms with Crippen LogP contribution in [0.25, 0.3) is 0 Å². The van der Waals surface area contributed by atoms with Crippen LogP contribution < -0.4 is 5.32 Å². The van der Waals surface area contributed by atoms with Gasteiger partial charge >= 0.3 is 6.09 Å². The minimum Gasteiger partial charge on any atom is -0.445 e. The average Bonchev–Trinajstić information content (AvgIpc) is 3.29. The second-order valence-corrected chi connectivity index (χ2v) is 8.30. The lowest BCUT2D eigenvalue weighted by atomic mass is 10.0. The van der Waals surface area contributed by atoms with Crippen LogP contribution in [0.15, 0.2) is 73.3 Å². The van der Waals surface area contributed by atoms with Crippen molar-refractivity contribution in [3.05, 3.63) is 84.4 Å². The predicted molar refractivity (Wildman–Crippen MR) is 117 cm³/mol. The molecule has 0 spiro atoms. The van der Waals surface area contributed by atoms with E-state index < -0.39 is 42.5 Å². The molecule has 2 fully saturated rings. The van der Waals surface area contributed by atoms with Crippen molar-refractivity contribution in [2.75, 3.05) is 0 Å². The molecule has 0 unspecified atom stereocenters. The fraction of sp³-hybridized carbons (Fsp3) is 0.400. The molecule has 0 aromatic heterocycles. The van der Waals surface area contributed by atoms with Crippen LogP contribution in [0.3, 0.4) is 0 Å². The highest BCUT2D eigenvalue weighted by Gasteiger charge is 2.57. The molecule has 0 radical (unpaired) electrons. The van der Waals surface area contributed by atoms with Crippen LogP contribution in [0.1, 0.15) is 25.0 Å². The molecule has 1 amide bonds. The highest BCUT2D eigenvalue weighted by Crippen LogP contribution is 2.40. The van der Waals surface area contributed by atoms with Gasteiger partial charge in [-0.05, 0) is 25.0 Å². The van der Waals surface area contributed by atoms with E-state index in [1.54, 1.807) is 6.08 Å². The highest BCUT2D eigenvalue weighted by molar-refractivity contribution is 5.68. The Morgan fingerprint density at radius 3 is 2.25 bits per heavy atom. The maximum absolute atomic E-state index is 12.4. The fourth-order valence-electron chi connectivity index (χ4n) is 3.94. The number of nitrogens with one attached hydrogen (secondary N) is 1. The van der Waals surface area contributed by atoms with Gasteiger partial charge in [0.05, 0.1) is 12.6 Å². The third kappa shape index (κ3) is 5.37. The molecule has 7 nitrogen and oxygen atoms in total. The van der Waals surface area contributed by atoms with Gasteiger partial charge < -0.3 is 29.0 Å². The van der Waals surface area contributed by atoms with Crippen LogP contribution in [-0.4, -0.2) is 42.5 Å². The average molecular weight is 440 g/mol. The molecule has 1 N–H and O–H groups in total. The standard InChI is InChI=1S/C25H29NO6/c1-4-19(26-24(27)29-16-18-13-9-6-10-14-18)20-21-22(32-25(2,3)31-21)23(30-20)28-15-17-11-7-5-8-12-17/h4-14,19-23H,1,15-16H2,2-3H3,(H,26,27)/t19-,20-,21-,22-,23-/m1/s1. The van der Waals surface area contributed by atoms with E-state index in [0.717, 1.165) is 11.1 Å². The monoisotopic (exact) mass is 439 g/mol. The van der Waals surface area contributed by atoms with Crippen molar-refractivity contribution in [3.63, 3.8) is 0 Å². The van der Waals surface area contributed by atoms with E-state index in [2.05, 4.69) is 11.9 Å². The molecule has 7 heteroatoms. The molecule has 2 aliphatic heterocycles. The summed E-state index contributed by atoms with van der Waals surface area (Å²) in [6.45, 7) is 8.10. The SMILES string of the molecule is C=C[C@@H](NC(=O)OCc1ccccc1)[C@H]1O[C@@H](OCc2ccccc2)[C@@H]2OC(C)(C)O[C@@H]21. The summed E-state index contributed by atoms with van der Waals surface area (Å²) >= 11 is 0. The summed E-state index contributed by atoms with van der Waals surface area (Å²) in [5, 5.41) is 2.82. The van der Waals surface area contributed by atoms with Crippen LogP contribution in [0.2, 0.25) is 0 Å². The van der Waals surface area contributed by atoms with Crippen LogP contribution in [0.5, 0.6) is 0 Å². The van der Waals surface area contributed by atoms with E-state index >= 15 is 0 Å². The molecule has 2 aliphatic rings. The van der Waals surface area contributed by atoms with Gasteiger partial charge in [-0.2, -0.15) is 0 Å². The third-order valence-electron chi connectivity index (χ3n) is 5.41. The van der Waals surface area contributed by atoms with Crippen LogP contribution in [0.4, 0.5) is 4.79 Å². The Morgan fingerprint density at radius 2 is 1.62 bits per heavy atom. The van der Waals surface area contributed by atoms with E-state index in [1.165, 1.54) is 0 Å². The minimum atomic E-state index is -0.786. The van der Waals surface area contributed by atoms with E-state index in [-0.39, 0.29) is 6.61 Å². The summed E-state index contributed by atoms with van der Waals surface area (Å²) in [7, 11) is 0. The van der Waals surface area contributed by atoms with E-state index in [4.69, 9.17) is 23.7 Å². The smallest absolute Gasteiger partial charge is 0.408 e. The zero-order valence-electron chi connectivity index (χ0n) is 18.3. The molecule has 2 aromatic carbocycles. The molecule has 0 aliphatic carbocycles. The number of benzene rings is 2. The number of carbonyl (C=O) groups excluding carboxylic acids is 1. The normalized spacial score (nSPS) is 26.8. The molecule has 2 aromatic rings. The number of rotatable bonds is 8. The number of hydrogen-bond donors (Lipinski definition) is 1. The molecule has 2 heterocycles. The second kappa shape index (κ2) is 9.83. The van der Waals surface area contributed by atoms with Gasteiger partial charge in [0.15, 0.2) is 12.1 Å². The number of ether oxygens (including phenoxy) is 5. The van der Waals surface area contributed by atoms with E-state index in [1.807, 2.05) is 74.5 Å². The lowest BCUT2D eigenvalue weighted by Gasteiger charge is -2.27. The van der Waals surface area contributed by atoms with Gasteiger partial charge in [-0.15, -0.1) is 6.58 Å². The molecule has 2 saturated heterocycles. The van der Waals surface area contributed by atoms with Crippen molar-refractivity contribution in [1.29, 1.82) is 0 Å². The summed E-state index contributed by atoms with van der Waals surface area (Å²) in [6, 6.07) is 18.8.